The third kappa shape index (κ3) is 3.56. The van der Waals surface area contributed by atoms with Crippen molar-refractivity contribution in [3.63, 3.8) is 0 Å². The number of benzene rings is 1. The molecule has 0 aliphatic carbocycles. The zero-order valence-electron chi connectivity index (χ0n) is 10.8. The number of aryl methyl sites for hydroxylation is 2. The highest BCUT2D eigenvalue weighted by molar-refractivity contribution is 7.98. The van der Waals surface area contributed by atoms with Crippen LogP contribution in [0.3, 0.4) is 0 Å². The number of nitrogen functional groups attached to an aromatic ring is 1. The Morgan fingerprint density at radius 2 is 2.21 bits per heavy atom. The average molecular weight is 293 g/mol. The molecule has 1 amide bonds. The molecule has 0 unspecified atom stereocenters. The molecule has 2 aromatic rings. The van der Waals surface area contributed by atoms with Crippen LogP contribution in [0.4, 0.5) is 0 Å². The number of thioether (sulfide) groups is 1. The largest absolute Gasteiger partial charge is 0.294 e. The third-order valence-corrected chi connectivity index (χ3v) is 4.66. The molecule has 0 radical (unpaired) electrons. The second kappa shape index (κ2) is 6.18. The number of hydrazine groups is 1. The normalized spacial score (nSPS) is 10.5. The summed E-state index contributed by atoms with van der Waals surface area (Å²) in [5.41, 5.74) is 5.55. The van der Waals surface area contributed by atoms with E-state index < -0.39 is 0 Å². The van der Waals surface area contributed by atoms with E-state index in [1.165, 1.54) is 27.4 Å². The maximum absolute atomic E-state index is 11.3. The summed E-state index contributed by atoms with van der Waals surface area (Å²) in [4.78, 5) is 16.7. The van der Waals surface area contributed by atoms with E-state index in [9.17, 15) is 4.79 Å². The lowest BCUT2D eigenvalue weighted by atomic mass is 10.1. The topological polar surface area (TPSA) is 68.0 Å². The van der Waals surface area contributed by atoms with E-state index in [1.807, 2.05) is 5.38 Å². The molecule has 0 saturated carbocycles. The fraction of sp³-hybridized carbons (Fsp3) is 0.231. The molecule has 1 heterocycles. The summed E-state index contributed by atoms with van der Waals surface area (Å²) >= 11 is 3.02. The first-order valence-corrected chi connectivity index (χ1v) is 7.62. The Kier molecular flexibility index (Phi) is 4.57. The van der Waals surface area contributed by atoms with Gasteiger partial charge >= 0.3 is 0 Å². The number of nitrogens with zero attached hydrogens (tertiary/aromatic N) is 1. The monoisotopic (exact) mass is 293 g/mol. The van der Waals surface area contributed by atoms with Crippen LogP contribution in [0.5, 0.6) is 0 Å². The maximum Gasteiger partial charge on any atom is 0.294 e. The summed E-state index contributed by atoms with van der Waals surface area (Å²) < 4.78 is 0. The number of carbonyl (C=O) groups is 1. The Morgan fingerprint density at radius 3 is 2.89 bits per heavy atom. The SMILES string of the molecule is Cc1ccc(SCc2csc(C(=O)NN)n2)cc1C. The standard InChI is InChI=1S/C13H15N3OS2/c1-8-3-4-11(5-9(8)2)18-6-10-7-19-13(15-10)12(17)16-14/h3-5,7H,6,14H2,1-2H3,(H,16,17). The van der Waals surface area contributed by atoms with E-state index in [4.69, 9.17) is 5.84 Å². The Balaban J connectivity index is 2.00. The molecule has 2 rings (SSSR count). The number of nitrogens with two attached hydrogens (primary N) is 1. The Labute approximate surface area is 120 Å². The second-order valence-electron chi connectivity index (χ2n) is 4.15. The van der Waals surface area contributed by atoms with E-state index in [0.717, 1.165) is 11.4 Å². The van der Waals surface area contributed by atoms with Gasteiger partial charge in [-0.3, -0.25) is 10.2 Å². The van der Waals surface area contributed by atoms with Crippen molar-refractivity contribution in [3.8, 4) is 0 Å². The minimum atomic E-state index is -0.340. The first kappa shape index (κ1) is 14.0. The summed E-state index contributed by atoms with van der Waals surface area (Å²) in [6.45, 7) is 4.20. The lowest BCUT2D eigenvalue weighted by Gasteiger charge is -2.03. The Hall–Kier alpha value is -1.37. The molecule has 0 aliphatic heterocycles. The van der Waals surface area contributed by atoms with Gasteiger partial charge in [-0.05, 0) is 37.1 Å². The van der Waals surface area contributed by atoms with Gasteiger partial charge in [-0.1, -0.05) is 6.07 Å². The van der Waals surface area contributed by atoms with Crippen molar-refractivity contribution in [3.05, 3.63) is 45.4 Å². The Bertz CT molecular complexity index is 595. The van der Waals surface area contributed by atoms with Crippen LogP contribution in [0.2, 0.25) is 0 Å². The molecule has 0 aliphatic rings. The van der Waals surface area contributed by atoms with E-state index in [-0.39, 0.29) is 5.91 Å². The predicted molar refractivity (Wildman–Crippen MR) is 79.2 cm³/mol. The van der Waals surface area contributed by atoms with Gasteiger partial charge in [0.05, 0.1) is 5.69 Å². The van der Waals surface area contributed by atoms with Gasteiger partial charge in [0.2, 0.25) is 0 Å². The van der Waals surface area contributed by atoms with E-state index >= 15 is 0 Å². The molecular formula is C13H15N3OS2. The van der Waals surface area contributed by atoms with Crippen molar-refractivity contribution in [2.45, 2.75) is 24.5 Å². The minimum absolute atomic E-state index is 0.340. The van der Waals surface area contributed by atoms with Crippen molar-refractivity contribution >= 4 is 29.0 Å². The summed E-state index contributed by atoms with van der Waals surface area (Å²) in [5.74, 6) is 5.48. The van der Waals surface area contributed by atoms with Crippen LogP contribution in [0.1, 0.15) is 26.6 Å². The average Bonchev–Trinajstić information content (AvgIpc) is 2.88. The molecule has 0 bridgehead atoms. The number of rotatable bonds is 4. The van der Waals surface area contributed by atoms with E-state index in [2.05, 4.69) is 42.5 Å². The molecule has 6 heteroatoms. The molecule has 0 fully saturated rings. The van der Waals surface area contributed by atoms with Gasteiger partial charge in [-0.25, -0.2) is 10.8 Å². The second-order valence-corrected chi connectivity index (χ2v) is 6.06. The highest BCUT2D eigenvalue weighted by Crippen LogP contribution is 2.25. The van der Waals surface area contributed by atoms with Gasteiger partial charge in [-0.15, -0.1) is 23.1 Å². The van der Waals surface area contributed by atoms with Crippen LogP contribution in [0, 0.1) is 13.8 Å². The van der Waals surface area contributed by atoms with E-state index in [1.54, 1.807) is 11.8 Å². The van der Waals surface area contributed by atoms with Crippen LogP contribution in [0.15, 0.2) is 28.5 Å². The quantitative estimate of drug-likeness (QED) is 0.393. The van der Waals surface area contributed by atoms with Gasteiger partial charge in [-0.2, -0.15) is 0 Å². The zero-order valence-corrected chi connectivity index (χ0v) is 12.4. The van der Waals surface area contributed by atoms with Crippen molar-refractivity contribution in [1.82, 2.24) is 10.4 Å². The summed E-state index contributed by atoms with van der Waals surface area (Å²) in [6.07, 6.45) is 0. The van der Waals surface area contributed by atoms with Crippen molar-refractivity contribution in [2.24, 2.45) is 5.84 Å². The van der Waals surface area contributed by atoms with Crippen molar-refractivity contribution in [2.75, 3.05) is 0 Å². The molecule has 4 nitrogen and oxygen atoms in total. The fourth-order valence-corrected chi connectivity index (χ4v) is 3.21. The lowest BCUT2D eigenvalue weighted by molar-refractivity contribution is 0.0953. The first-order chi connectivity index (χ1) is 9.10. The zero-order chi connectivity index (χ0) is 13.8. The summed E-state index contributed by atoms with van der Waals surface area (Å²) in [7, 11) is 0. The number of carbonyl (C=O) groups excluding carboxylic acids is 1. The minimum Gasteiger partial charge on any atom is -0.288 e. The van der Waals surface area contributed by atoms with Gasteiger partial charge in [0.1, 0.15) is 0 Å². The van der Waals surface area contributed by atoms with Crippen LogP contribution >= 0.6 is 23.1 Å². The number of nitrogens with one attached hydrogen (secondary N) is 1. The van der Waals surface area contributed by atoms with Crippen LogP contribution in [0.25, 0.3) is 0 Å². The van der Waals surface area contributed by atoms with Crippen LogP contribution in [-0.2, 0) is 5.75 Å². The molecule has 1 aromatic carbocycles. The Morgan fingerprint density at radius 1 is 1.42 bits per heavy atom. The van der Waals surface area contributed by atoms with Crippen LogP contribution in [-0.4, -0.2) is 10.9 Å². The van der Waals surface area contributed by atoms with Crippen molar-refractivity contribution < 1.29 is 4.79 Å². The summed E-state index contributed by atoms with van der Waals surface area (Å²) in [5, 5.41) is 2.29. The smallest absolute Gasteiger partial charge is 0.288 e. The number of hydrogen-bond acceptors (Lipinski definition) is 5. The molecule has 3 N–H and O–H groups in total. The molecular weight excluding hydrogens is 278 g/mol. The van der Waals surface area contributed by atoms with Gasteiger partial charge in [0, 0.05) is 16.0 Å². The first-order valence-electron chi connectivity index (χ1n) is 5.75. The van der Waals surface area contributed by atoms with Gasteiger partial charge in [0.25, 0.3) is 5.91 Å². The van der Waals surface area contributed by atoms with Crippen molar-refractivity contribution in [1.29, 1.82) is 0 Å². The van der Waals surface area contributed by atoms with Gasteiger partial charge < -0.3 is 0 Å². The number of aromatic nitrogens is 1. The predicted octanol–water partition coefficient (Wildman–Crippen LogP) is 2.66. The molecule has 0 atom stereocenters. The molecule has 0 saturated heterocycles. The highest BCUT2D eigenvalue weighted by Gasteiger charge is 2.09. The molecule has 19 heavy (non-hydrogen) atoms. The summed E-state index contributed by atoms with van der Waals surface area (Å²) in [6, 6.07) is 6.39. The molecule has 1 aromatic heterocycles. The number of amides is 1. The fourth-order valence-electron chi connectivity index (χ4n) is 1.50. The highest BCUT2D eigenvalue weighted by atomic mass is 32.2. The third-order valence-electron chi connectivity index (χ3n) is 2.74. The maximum atomic E-state index is 11.3. The number of thiazole rings is 1. The molecule has 100 valence electrons. The van der Waals surface area contributed by atoms with Gasteiger partial charge in [0.15, 0.2) is 5.01 Å². The molecule has 0 spiro atoms. The number of hydrogen-bond donors (Lipinski definition) is 2. The van der Waals surface area contributed by atoms with E-state index in [0.29, 0.717) is 5.01 Å². The van der Waals surface area contributed by atoms with Crippen LogP contribution < -0.4 is 11.3 Å². The lowest BCUT2D eigenvalue weighted by Crippen LogP contribution is -2.29.